The maximum absolute atomic E-state index is 9.65. The molecule has 1 aliphatic rings. The molecule has 0 aliphatic heterocycles. The molecule has 1 aromatic rings. The fourth-order valence-corrected chi connectivity index (χ4v) is 2.89. The number of hydrogen-bond donors (Lipinski definition) is 3. The lowest BCUT2D eigenvalue weighted by molar-refractivity contribution is 0.120. The molecule has 2 rings (SSSR count). The molecule has 1 fully saturated rings. The van der Waals surface area contributed by atoms with Crippen LogP contribution < -0.4 is 10.6 Å². The van der Waals surface area contributed by atoms with E-state index in [0.717, 1.165) is 56.9 Å². The van der Waals surface area contributed by atoms with Crippen LogP contribution in [-0.4, -0.2) is 50.6 Å². The van der Waals surface area contributed by atoms with Crippen molar-refractivity contribution in [2.75, 3.05) is 6.54 Å². The topological polar surface area (TPSA) is 87.4 Å². The number of aliphatic hydroxyl groups is 1. The van der Waals surface area contributed by atoms with Gasteiger partial charge in [-0.2, -0.15) is 0 Å². The molecule has 3 N–H and O–H groups in total. The van der Waals surface area contributed by atoms with E-state index < -0.39 is 0 Å². The first kappa shape index (κ1) is 18.7. The van der Waals surface area contributed by atoms with Crippen molar-refractivity contribution in [3.05, 3.63) is 12.2 Å². The lowest BCUT2D eigenvalue weighted by Gasteiger charge is -2.28. The number of nitrogens with one attached hydrogen (secondary N) is 2. The molecule has 24 heavy (non-hydrogen) atoms. The molecular formula is C17H32N6O. The van der Waals surface area contributed by atoms with Gasteiger partial charge in [-0.1, -0.05) is 13.8 Å². The predicted molar refractivity (Wildman–Crippen MR) is 96.0 cm³/mol. The predicted octanol–water partition coefficient (Wildman–Crippen LogP) is 1.48. The lowest BCUT2D eigenvalue weighted by atomic mass is 9.93. The zero-order valence-electron chi connectivity index (χ0n) is 15.2. The quantitative estimate of drug-likeness (QED) is 0.518. The van der Waals surface area contributed by atoms with Gasteiger partial charge in [0, 0.05) is 25.0 Å². The molecule has 0 spiro atoms. The van der Waals surface area contributed by atoms with Gasteiger partial charge in [-0.3, -0.25) is 4.99 Å². The van der Waals surface area contributed by atoms with Crippen LogP contribution in [0.25, 0.3) is 0 Å². The molecule has 7 heteroatoms. The molecule has 1 unspecified atom stereocenters. The number of aryl methyl sites for hydroxylation is 1. The van der Waals surface area contributed by atoms with Gasteiger partial charge in [0.1, 0.15) is 12.2 Å². The summed E-state index contributed by atoms with van der Waals surface area (Å²) in [5, 5.41) is 24.7. The number of aliphatic imine (C=N–C) groups is 1. The van der Waals surface area contributed by atoms with Crippen molar-refractivity contribution in [3.63, 3.8) is 0 Å². The van der Waals surface area contributed by atoms with Gasteiger partial charge in [0.2, 0.25) is 0 Å². The fraction of sp³-hybridized carbons (Fsp3) is 0.824. The molecule has 0 amide bonds. The van der Waals surface area contributed by atoms with Crippen LogP contribution in [0.3, 0.4) is 0 Å². The Kier molecular flexibility index (Phi) is 7.49. The van der Waals surface area contributed by atoms with E-state index in [1.807, 2.05) is 0 Å². The van der Waals surface area contributed by atoms with Gasteiger partial charge in [-0.25, -0.2) is 0 Å². The minimum atomic E-state index is -0.132. The molecule has 0 radical (unpaired) electrons. The summed E-state index contributed by atoms with van der Waals surface area (Å²) in [4.78, 5) is 4.73. The highest BCUT2D eigenvalue weighted by Crippen LogP contribution is 2.18. The summed E-state index contributed by atoms with van der Waals surface area (Å²) in [7, 11) is 0. The van der Waals surface area contributed by atoms with Crippen molar-refractivity contribution in [2.24, 2.45) is 4.99 Å². The molecule has 1 aliphatic carbocycles. The first-order chi connectivity index (χ1) is 11.6. The zero-order chi connectivity index (χ0) is 17.4. The van der Waals surface area contributed by atoms with Gasteiger partial charge < -0.3 is 20.3 Å². The van der Waals surface area contributed by atoms with Gasteiger partial charge in [0.15, 0.2) is 5.96 Å². The van der Waals surface area contributed by atoms with E-state index in [1.54, 1.807) is 6.33 Å². The number of rotatable bonds is 7. The number of aliphatic hydroxyl groups excluding tert-OH is 1. The Bertz CT molecular complexity index is 507. The molecule has 0 bridgehead atoms. The van der Waals surface area contributed by atoms with Crippen molar-refractivity contribution in [1.29, 1.82) is 0 Å². The van der Waals surface area contributed by atoms with Gasteiger partial charge in [-0.15, -0.1) is 10.2 Å². The highest BCUT2D eigenvalue weighted by atomic mass is 16.3. The maximum atomic E-state index is 9.65. The second-order valence-electron chi connectivity index (χ2n) is 6.63. The van der Waals surface area contributed by atoms with Gasteiger partial charge in [0.25, 0.3) is 0 Å². The largest absolute Gasteiger partial charge is 0.393 e. The van der Waals surface area contributed by atoms with Crippen LogP contribution in [0.2, 0.25) is 0 Å². The van der Waals surface area contributed by atoms with Crippen molar-refractivity contribution in [2.45, 2.75) is 84.0 Å². The molecule has 0 aromatic carbocycles. The summed E-state index contributed by atoms with van der Waals surface area (Å²) in [5.41, 5.74) is 0. The molecule has 0 saturated heterocycles. The molecule has 7 nitrogen and oxygen atoms in total. The van der Waals surface area contributed by atoms with Crippen LogP contribution >= 0.6 is 0 Å². The van der Waals surface area contributed by atoms with Crippen molar-refractivity contribution in [1.82, 2.24) is 25.4 Å². The molecule has 1 heterocycles. The number of guanidine groups is 1. The first-order valence-corrected chi connectivity index (χ1v) is 9.24. The molecular weight excluding hydrogens is 304 g/mol. The van der Waals surface area contributed by atoms with Crippen LogP contribution in [-0.2, 0) is 13.0 Å². The molecule has 1 atom stereocenters. The average molecular weight is 336 g/mol. The Balaban J connectivity index is 1.91. The number of nitrogens with zero attached hydrogens (tertiary/aromatic N) is 4. The maximum Gasteiger partial charge on any atom is 0.191 e. The van der Waals surface area contributed by atoms with Gasteiger partial charge >= 0.3 is 0 Å². The SMILES string of the molecule is CCc1nncn1CCN=C(NC(C)CC)NC1CCC(O)CC1. The minimum absolute atomic E-state index is 0.132. The Morgan fingerprint density at radius 2 is 2.12 bits per heavy atom. The first-order valence-electron chi connectivity index (χ1n) is 9.24. The molecule has 1 aromatic heterocycles. The third-order valence-electron chi connectivity index (χ3n) is 4.66. The second-order valence-corrected chi connectivity index (χ2v) is 6.63. The lowest BCUT2D eigenvalue weighted by Crippen LogP contribution is -2.48. The highest BCUT2D eigenvalue weighted by molar-refractivity contribution is 5.80. The summed E-state index contributed by atoms with van der Waals surface area (Å²) >= 11 is 0. The van der Waals surface area contributed by atoms with E-state index >= 15 is 0 Å². The average Bonchev–Trinajstić information content (AvgIpc) is 3.04. The summed E-state index contributed by atoms with van der Waals surface area (Å²) in [6.45, 7) is 7.88. The minimum Gasteiger partial charge on any atom is -0.393 e. The van der Waals surface area contributed by atoms with E-state index in [2.05, 4.69) is 46.2 Å². The van der Waals surface area contributed by atoms with E-state index in [1.165, 1.54) is 0 Å². The zero-order valence-corrected chi connectivity index (χ0v) is 15.2. The Hall–Kier alpha value is -1.63. The van der Waals surface area contributed by atoms with Crippen LogP contribution in [0.1, 0.15) is 58.7 Å². The summed E-state index contributed by atoms with van der Waals surface area (Å²) in [5.74, 6) is 1.87. The normalized spacial score (nSPS) is 23.1. The van der Waals surface area contributed by atoms with Crippen LogP contribution in [0.15, 0.2) is 11.3 Å². The highest BCUT2D eigenvalue weighted by Gasteiger charge is 2.20. The third-order valence-corrected chi connectivity index (χ3v) is 4.66. The Labute approximate surface area is 145 Å². The summed E-state index contributed by atoms with van der Waals surface area (Å²) in [6, 6.07) is 0.774. The number of aromatic nitrogens is 3. The van der Waals surface area contributed by atoms with Crippen molar-refractivity contribution < 1.29 is 5.11 Å². The van der Waals surface area contributed by atoms with Crippen LogP contribution in [0.5, 0.6) is 0 Å². The summed E-state index contributed by atoms with van der Waals surface area (Å²) < 4.78 is 2.06. The molecule has 136 valence electrons. The number of hydrogen-bond acceptors (Lipinski definition) is 4. The standard InChI is InChI=1S/C17H32N6O/c1-4-13(3)20-17(21-14-6-8-15(24)9-7-14)18-10-11-23-12-19-22-16(23)5-2/h12-15,24H,4-11H2,1-3H3,(H2,18,20,21). The third kappa shape index (κ3) is 5.78. The van der Waals surface area contributed by atoms with Crippen LogP contribution in [0, 0.1) is 0 Å². The monoisotopic (exact) mass is 336 g/mol. The smallest absolute Gasteiger partial charge is 0.191 e. The Morgan fingerprint density at radius 1 is 1.38 bits per heavy atom. The van der Waals surface area contributed by atoms with E-state index in [4.69, 9.17) is 4.99 Å². The summed E-state index contributed by atoms with van der Waals surface area (Å²) in [6.07, 6.45) is 7.30. The van der Waals surface area contributed by atoms with Gasteiger partial charge in [0.05, 0.1) is 12.6 Å². The van der Waals surface area contributed by atoms with E-state index in [9.17, 15) is 5.11 Å². The van der Waals surface area contributed by atoms with Crippen LogP contribution in [0.4, 0.5) is 0 Å². The molecule has 1 saturated carbocycles. The van der Waals surface area contributed by atoms with Crippen molar-refractivity contribution in [3.8, 4) is 0 Å². The van der Waals surface area contributed by atoms with Gasteiger partial charge in [-0.05, 0) is 39.0 Å². The fourth-order valence-electron chi connectivity index (χ4n) is 2.89. The Morgan fingerprint density at radius 3 is 2.79 bits per heavy atom. The van der Waals surface area contributed by atoms with E-state index in [0.29, 0.717) is 18.6 Å². The van der Waals surface area contributed by atoms with E-state index in [-0.39, 0.29) is 6.10 Å². The second kappa shape index (κ2) is 9.61. The van der Waals surface area contributed by atoms with Crippen molar-refractivity contribution >= 4 is 5.96 Å².